The van der Waals surface area contributed by atoms with Crippen molar-refractivity contribution in [3.63, 3.8) is 0 Å². The lowest BCUT2D eigenvalue weighted by Crippen LogP contribution is -2.06. The van der Waals surface area contributed by atoms with E-state index in [4.69, 9.17) is 10.2 Å². The number of carboxylic acid groups (broad SMARTS) is 1. The van der Waals surface area contributed by atoms with E-state index in [9.17, 15) is 4.79 Å². The highest BCUT2D eigenvalue weighted by Crippen LogP contribution is 2.14. The summed E-state index contributed by atoms with van der Waals surface area (Å²) in [4.78, 5) is 10.5. The average molecular weight is 184 g/mol. The molecule has 0 aromatic carbocycles. The smallest absolute Gasteiger partial charge is 0.360 e. The molecule has 0 unspecified atom stereocenters. The highest BCUT2D eigenvalue weighted by Gasteiger charge is 2.14. The van der Waals surface area contributed by atoms with E-state index in [1.165, 1.54) is 10.9 Å². The maximum absolute atomic E-state index is 10.5. The van der Waals surface area contributed by atoms with Crippen molar-refractivity contribution in [3.8, 4) is 5.75 Å². The summed E-state index contributed by atoms with van der Waals surface area (Å²) in [5, 5.41) is 21.4. The number of aromatic hydroxyl groups is 1. The van der Waals surface area contributed by atoms with Gasteiger partial charge in [-0.05, 0) is 5.92 Å². The van der Waals surface area contributed by atoms with Gasteiger partial charge in [0.2, 0.25) is 5.69 Å². The van der Waals surface area contributed by atoms with E-state index in [2.05, 4.69) is 5.10 Å². The van der Waals surface area contributed by atoms with Crippen molar-refractivity contribution < 1.29 is 15.0 Å². The molecule has 2 N–H and O–H groups in total. The Balaban J connectivity index is 2.89. The van der Waals surface area contributed by atoms with Gasteiger partial charge in [-0.1, -0.05) is 13.8 Å². The molecule has 0 saturated heterocycles. The van der Waals surface area contributed by atoms with E-state index in [0.29, 0.717) is 12.5 Å². The van der Waals surface area contributed by atoms with Crippen molar-refractivity contribution >= 4 is 5.97 Å². The van der Waals surface area contributed by atoms with Crippen molar-refractivity contribution in [1.29, 1.82) is 0 Å². The summed E-state index contributed by atoms with van der Waals surface area (Å²) in [6.45, 7) is 4.57. The topological polar surface area (TPSA) is 75.4 Å². The van der Waals surface area contributed by atoms with Crippen LogP contribution in [0.3, 0.4) is 0 Å². The predicted molar refractivity (Wildman–Crippen MR) is 45.7 cm³/mol. The number of nitrogens with zero attached hydrogens (tertiary/aromatic N) is 2. The first kappa shape index (κ1) is 9.57. The molecule has 0 spiro atoms. The molecule has 0 aliphatic rings. The molecule has 0 aliphatic carbocycles. The van der Waals surface area contributed by atoms with Gasteiger partial charge in [0, 0.05) is 6.54 Å². The van der Waals surface area contributed by atoms with Gasteiger partial charge in [0.1, 0.15) is 0 Å². The number of aromatic carboxylic acids is 1. The lowest BCUT2D eigenvalue weighted by Gasteiger charge is -2.02. The molecule has 5 heteroatoms. The van der Waals surface area contributed by atoms with E-state index in [-0.39, 0.29) is 11.4 Å². The third-order valence-corrected chi connectivity index (χ3v) is 1.50. The number of aromatic nitrogens is 2. The van der Waals surface area contributed by atoms with Gasteiger partial charge in [0.05, 0.1) is 6.20 Å². The van der Waals surface area contributed by atoms with Crippen LogP contribution in [0.4, 0.5) is 0 Å². The highest BCUT2D eigenvalue weighted by molar-refractivity contribution is 5.88. The Morgan fingerprint density at radius 1 is 1.69 bits per heavy atom. The zero-order valence-corrected chi connectivity index (χ0v) is 7.56. The van der Waals surface area contributed by atoms with Crippen LogP contribution in [0.1, 0.15) is 24.3 Å². The molecular formula is C8H12N2O3. The minimum Gasteiger partial charge on any atom is -0.504 e. The van der Waals surface area contributed by atoms with Crippen molar-refractivity contribution in [3.05, 3.63) is 11.9 Å². The van der Waals surface area contributed by atoms with Crippen LogP contribution >= 0.6 is 0 Å². The van der Waals surface area contributed by atoms with Gasteiger partial charge in [-0.15, -0.1) is 0 Å². The van der Waals surface area contributed by atoms with Gasteiger partial charge < -0.3 is 10.2 Å². The quantitative estimate of drug-likeness (QED) is 0.733. The minimum absolute atomic E-state index is 0.284. The summed E-state index contributed by atoms with van der Waals surface area (Å²) in [7, 11) is 0. The molecule has 0 fully saturated rings. The molecule has 1 rings (SSSR count). The van der Waals surface area contributed by atoms with Crippen LogP contribution < -0.4 is 0 Å². The summed E-state index contributed by atoms with van der Waals surface area (Å²) in [6.07, 6.45) is 1.32. The number of carbonyl (C=O) groups is 1. The second-order valence-electron chi connectivity index (χ2n) is 3.28. The maximum atomic E-state index is 10.5. The highest BCUT2D eigenvalue weighted by atomic mass is 16.4. The molecule has 0 saturated carbocycles. The number of carboxylic acids is 1. The van der Waals surface area contributed by atoms with Crippen molar-refractivity contribution in [1.82, 2.24) is 9.78 Å². The molecule has 0 amide bonds. The normalized spacial score (nSPS) is 10.7. The largest absolute Gasteiger partial charge is 0.504 e. The molecule has 1 aromatic heterocycles. The number of hydrogen-bond acceptors (Lipinski definition) is 3. The van der Waals surface area contributed by atoms with E-state index in [1.54, 1.807) is 0 Å². The van der Waals surface area contributed by atoms with Crippen LogP contribution in [0.15, 0.2) is 6.20 Å². The van der Waals surface area contributed by atoms with E-state index < -0.39 is 5.97 Å². The molecule has 13 heavy (non-hydrogen) atoms. The van der Waals surface area contributed by atoms with Crippen molar-refractivity contribution in [2.45, 2.75) is 20.4 Å². The second-order valence-corrected chi connectivity index (χ2v) is 3.28. The first-order valence-corrected chi connectivity index (χ1v) is 4.00. The van der Waals surface area contributed by atoms with Gasteiger partial charge in [-0.3, -0.25) is 4.68 Å². The Morgan fingerprint density at radius 2 is 2.31 bits per heavy atom. The Labute approximate surface area is 75.6 Å². The molecule has 5 nitrogen and oxygen atoms in total. The average Bonchev–Trinajstić information content (AvgIpc) is 2.29. The fraction of sp³-hybridized carbons (Fsp3) is 0.500. The van der Waals surface area contributed by atoms with Crippen LogP contribution in [0.2, 0.25) is 0 Å². The van der Waals surface area contributed by atoms with Gasteiger partial charge in [0.25, 0.3) is 0 Å². The van der Waals surface area contributed by atoms with Crippen LogP contribution in [0, 0.1) is 5.92 Å². The first-order chi connectivity index (χ1) is 6.00. The lowest BCUT2D eigenvalue weighted by atomic mass is 10.2. The Hall–Kier alpha value is -1.52. The first-order valence-electron chi connectivity index (χ1n) is 4.00. The Kier molecular flexibility index (Phi) is 2.55. The molecule has 1 heterocycles. The fourth-order valence-corrected chi connectivity index (χ4v) is 1.03. The Bertz CT molecular complexity index is 317. The zero-order chi connectivity index (χ0) is 10.0. The summed E-state index contributed by atoms with van der Waals surface area (Å²) in [5.41, 5.74) is -0.291. The van der Waals surface area contributed by atoms with Crippen molar-refractivity contribution in [2.24, 2.45) is 5.92 Å². The van der Waals surface area contributed by atoms with Crippen LogP contribution in [0.25, 0.3) is 0 Å². The van der Waals surface area contributed by atoms with Gasteiger partial charge >= 0.3 is 5.97 Å². The standard InChI is InChI=1S/C8H12N2O3/c1-5(2)3-10-4-6(11)7(9-10)8(12)13/h4-5,11H,3H2,1-2H3,(H,12,13). The van der Waals surface area contributed by atoms with Crippen LogP contribution in [-0.4, -0.2) is 26.0 Å². The zero-order valence-electron chi connectivity index (χ0n) is 7.56. The molecule has 0 radical (unpaired) electrons. The SMILES string of the molecule is CC(C)Cn1cc(O)c(C(=O)O)n1. The fourth-order valence-electron chi connectivity index (χ4n) is 1.03. The van der Waals surface area contributed by atoms with E-state index >= 15 is 0 Å². The maximum Gasteiger partial charge on any atom is 0.360 e. The van der Waals surface area contributed by atoms with E-state index in [0.717, 1.165) is 0 Å². The summed E-state index contributed by atoms with van der Waals surface area (Å²) in [5.74, 6) is -1.13. The summed E-state index contributed by atoms with van der Waals surface area (Å²) < 4.78 is 1.43. The molecule has 1 aromatic rings. The summed E-state index contributed by atoms with van der Waals surface area (Å²) in [6, 6.07) is 0. The monoisotopic (exact) mass is 184 g/mol. The lowest BCUT2D eigenvalue weighted by molar-refractivity contribution is 0.0686. The molecule has 0 atom stereocenters. The number of rotatable bonds is 3. The van der Waals surface area contributed by atoms with Gasteiger partial charge in [-0.25, -0.2) is 4.79 Å². The Morgan fingerprint density at radius 3 is 2.69 bits per heavy atom. The molecule has 0 aliphatic heterocycles. The van der Waals surface area contributed by atoms with Crippen LogP contribution in [0.5, 0.6) is 5.75 Å². The summed E-state index contributed by atoms with van der Waals surface area (Å²) >= 11 is 0. The third kappa shape index (κ3) is 2.21. The third-order valence-electron chi connectivity index (χ3n) is 1.50. The van der Waals surface area contributed by atoms with Gasteiger partial charge in [0.15, 0.2) is 5.75 Å². The molecule has 72 valence electrons. The molecule has 0 bridgehead atoms. The van der Waals surface area contributed by atoms with Crippen LogP contribution in [-0.2, 0) is 6.54 Å². The second kappa shape index (κ2) is 3.47. The van der Waals surface area contributed by atoms with Crippen molar-refractivity contribution in [2.75, 3.05) is 0 Å². The predicted octanol–water partition coefficient (Wildman–Crippen LogP) is 0.943. The minimum atomic E-state index is -1.21. The number of hydrogen-bond donors (Lipinski definition) is 2. The van der Waals surface area contributed by atoms with E-state index in [1.807, 2.05) is 13.8 Å². The molecular weight excluding hydrogens is 172 g/mol. The van der Waals surface area contributed by atoms with Gasteiger partial charge in [-0.2, -0.15) is 5.10 Å².